The Balaban J connectivity index is 2.00. The second kappa shape index (κ2) is 4.37. The Kier molecular flexibility index (Phi) is 2.72. The predicted molar refractivity (Wildman–Crippen MR) is 66.6 cm³/mol. The topological polar surface area (TPSA) is 77.6 Å². The number of anilines is 1. The zero-order valence-electron chi connectivity index (χ0n) is 9.33. The first-order chi connectivity index (χ1) is 8.33. The summed E-state index contributed by atoms with van der Waals surface area (Å²) in [5.74, 6) is 2.26. The largest absolute Gasteiger partial charge is 0.368 e. The van der Waals surface area contributed by atoms with Gasteiger partial charge in [-0.05, 0) is 12.8 Å². The van der Waals surface area contributed by atoms with Crippen molar-refractivity contribution in [2.24, 2.45) is 0 Å². The molecule has 17 heavy (non-hydrogen) atoms. The van der Waals surface area contributed by atoms with Gasteiger partial charge in [0.1, 0.15) is 5.82 Å². The minimum atomic E-state index is 0.310. The highest BCUT2D eigenvalue weighted by atomic mass is 32.1. The van der Waals surface area contributed by atoms with Gasteiger partial charge in [-0.1, -0.05) is 12.8 Å². The third-order valence-electron chi connectivity index (χ3n) is 3.04. The molecule has 3 rings (SSSR count). The third-order valence-corrected chi connectivity index (χ3v) is 3.81. The molecule has 1 fully saturated rings. The molecular weight excluding hydrogens is 234 g/mol. The Morgan fingerprint density at radius 1 is 1.18 bits per heavy atom. The van der Waals surface area contributed by atoms with Crippen molar-refractivity contribution in [1.82, 2.24) is 19.9 Å². The molecule has 0 atom stereocenters. The number of nitrogen functional groups attached to an aromatic ring is 1. The van der Waals surface area contributed by atoms with E-state index in [1.807, 2.05) is 0 Å². The van der Waals surface area contributed by atoms with Gasteiger partial charge in [-0.3, -0.25) is 4.98 Å². The monoisotopic (exact) mass is 247 g/mol. The van der Waals surface area contributed by atoms with Gasteiger partial charge in [0, 0.05) is 12.1 Å². The van der Waals surface area contributed by atoms with Crippen molar-refractivity contribution in [2.45, 2.75) is 31.6 Å². The summed E-state index contributed by atoms with van der Waals surface area (Å²) in [5.41, 5.74) is 7.52. The SMILES string of the molecule is Nc1nc(-c2cncs2)nc(C2CCCC2)n1. The predicted octanol–water partition coefficient (Wildman–Crippen LogP) is 2.23. The van der Waals surface area contributed by atoms with Crippen LogP contribution in [0.15, 0.2) is 11.7 Å². The number of hydrogen-bond donors (Lipinski definition) is 1. The van der Waals surface area contributed by atoms with Crippen LogP contribution in [0.25, 0.3) is 10.7 Å². The number of nitrogens with two attached hydrogens (primary N) is 1. The van der Waals surface area contributed by atoms with Crippen LogP contribution in [-0.2, 0) is 0 Å². The van der Waals surface area contributed by atoms with E-state index < -0.39 is 0 Å². The van der Waals surface area contributed by atoms with Gasteiger partial charge in [-0.15, -0.1) is 11.3 Å². The fraction of sp³-hybridized carbons (Fsp3) is 0.455. The molecular formula is C11H13N5S. The Morgan fingerprint density at radius 3 is 2.71 bits per heavy atom. The van der Waals surface area contributed by atoms with Crippen molar-refractivity contribution >= 4 is 17.3 Å². The minimum Gasteiger partial charge on any atom is -0.368 e. The lowest BCUT2D eigenvalue weighted by atomic mass is 10.1. The molecule has 1 saturated carbocycles. The zero-order valence-corrected chi connectivity index (χ0v) is 10.2. The minimum absolute atomic E-state index is 0.310. The van der Waals surface area contributed by atoms with E-state index in [-0.39, 0.29) is 0 Å². The zero-order chi connectivity index (χ0) is 11.7. The van der Waals surface area contributed by atoms with E-state index in [2.05, 4.69) is 19.9 Å². The van der Waals surface area contributed by atoms with Crippen LogP contribution in [0.1, 0.15) is 37.4 Å². The summed E-state index contributed by atoms with van der Waals surface area (Å²) in [6.45, 7) is 0. The van der Waals surface area contributed by atoms with Crippen LogP contribution in [-0.4, -0.2) is 19.9 Å². The number of thiazole rings is 1. The molecule has 2 heterocycles. The smallest absolute Gasteiger partial charge is 0.223 e. The molecule has 0 unspecified atom stereocenters. The van der Waals surface area contributed by atoms with Crippen molar-refractivity contribution in [3.8, 4) is 10.7 Å². The van der Waals surface area contributed by atoms with E-state index in [0.29, 0.717) is 17.7 Å². The molecule has 0 saturated heterocycles. The summed E-state index contributed by atoms with van der Waals surface area (Å²) in [4.78, 5) is 17.9. The van der Waals surface area contributed by atoms with Gasteiger partial charge in [0.05, 0.1) is 10.4 Å². The maximum Gasteiger partial charge on any atom is 0.223 e. The fourth-order valence-corrected chi connectivity index (χ4v) is 2.77. The molecule has 0 spiro atoms. The molecule has 0 aromatic carbocycles. The number of rotatable bonds is 2. The molecule has 2 aromatic heterocycles. The van der Waals surface area contributed by atoms with Crippen LogP contribution in [0.4, 0.5) is 5.95 Å². The molecule has 0 aliphatic heterocycles. The van der Waals surface area contributed by atoms with Crippen molar-refractivity contribution in [3.63, 3.8) is 0 Å². The van der Waals surface area contributed by atoms with Crippen LogP contribution in [0.2, 0.25) is 0 Å². The van der Waals surface area contributed by atoms with Crippen LogP contribution in [0, 0.1) is 0 Å². The Morgan fingerprint density at radius 2 is 2.00 bits per heavy atom. The molecule has 0 radical (unpaired) electrons. The molecule has 5 nitrogen and oxygen atoms in total. The summed E-state index contributed by atoms with van der Waals surface area (Å²) in [6.07, 6.45) is 6.59. The van der Waals surface area contributed by atoms with E-state index in [4.69, 9.17) is 5.73 Å². The van der Waals surface area contributed by atoms with E-state index in [0.717, 1.165) is 23.5 Å². The Hall–Kier alpha value is -1.56. The molecule has 6 heteroatoms. The maximum atomic E-state index is 5.76. The first kappa shape index (κ1) is 10.6. The third kappa shape index (κ3) is 2.12. The Labute approximate surface area is 103 Å². The molecule has 2 N–H and O–H groups in total. The van der Waals surface area contributed by atoms with Crippen LogP contribution < -0.4 is 5.73 Å². The second-order valence-electron chi connectivity index (χ2n) is 4.22. The van der Waals surface area contributed by atoms with Crippen LogP contribution in [0.3, 0.4) is 0 Å². The summed E-state index contributed by atoms with van der Waals surface area (Å²) in [6, 6.07) is 0. The highest BCUT2D eigenvalue weighted by Crippen LogP contribution is 2.33. The van der Waals surface area contributed by atoms with Gasteiger partial charge in [-0.25, -0.2) is 4.98 Å². The number of nitrogens with zero attached hydrogens (tertiary/aromatic N) is 4. The second-order valence-corrected chi connectivity index (χ2v) is 5.11. The Bertz CT molecular complexity index is 505. The maximum absolute atomic E-state index is 5.76. The first-order valence-electron chi connectivity index (χ1n) is 5.73. The lowest BCUT2D eigenvalue weighted by Gasteiger charge is -2.08. The van der Waals surface area contributed by atoms with Gasteiger partial charge in [0.15, 0.2) is 5.82 Å². The van der Waals surface area contributed by atoms with Crippen LogP contribution in [0.5, 0.6) is 0 Å². The van der Waals surface area contributed by atoms with Crippen LogP contribution >= 0.6 is 11.3 Å². The van der Waals surface area contributed by atoms with Crippen molar-refractivity contribution in [3.05, 3.63) is 17.5 Å². The van der Waals surface area contributed by atoms with Gasteiger partial charge in [0.2, 0.25) is 5.95 Å². The van der Waals surface area contributed by atoms with Gasteiger partial charge < -0.3 is 5.73 Å². The van der Waals surface area contributed by atoms with Gasteiger partial charge >= 0.3 is 0 Å². The summed E-state index contributed by atoms with van der Waals surface area (Å²) < 4.78 is 0. The molecule has 88 valence electrons. The summed E-state index contributed by atoms with van der Waals surface area (Å²) in [5, 5.41) is 0. The lowest BCUT2D eigenvalue weighted by molar-refractivity contribution is 0.665. The van der Waals surface area contributed by atoms with E-state index >= 15 is 0 Å². The highest BCUT2D eigenvalue weighted by molar-refractivity contribution is 7.13. The van der Waals surface area contributed by atoms with E-state index in [9.17, 15) is 0 Å². The summed E-state index contributed by atoms with van der Waals surface area (Å²) in [7, 11) is 0. The van der Waals surface area contributed by atoms with Crippen molar-refractivity contribution in [1.29, 1.82) is 0 Å². The molecule has 0 amide bonds. The standard InChI is InChI=1S/C11H13N5S/c12-11-15-9(7-3-1-2-4-7)14-10(16-11)8-5-13-6-17-8/h5-7H,1-4H2,(H2,12,14,15,16). The van der Waals surface area contributed by atoms with Gasteiger partial charge in [-0.2, -0.15) is 9.97 Å². The molecule has 1 aliphatic carbocycles. The van der Waals surface area contributed by atoms with E-state index in [1.54, 1.807) is 11.7 Å². The molecule has 0 bridgehead atoms. The fourth-order valence-electron chi connectivity index (χ4n) is 2.21. The average Bonchev–Trinajstić information content (AvgIpc) is 3.02. The highest BCUT2D eigenvalue weighted by Gasteiger charge is 2.21. The normalized spacial score (nSPS) is 16.5. The van der Waals surface area contributed by atoms with Gasteiger partial charge in [0.25, 0.3) is 0 Å². The van der Waals surface area contributed by atoms with E-state index in [1.165, 1.54) is 24.2 Å². The lowest BCUT2D eigenvalue weighted by Crippen LogP contribution is -2.07. The number of aromatic nitrogens is 4. The first-order valence-corrected chi connectivity index (χ1v) is 6.61. The number of hydrogen-bond acceptors (Lipinski definition) is 6. The summed E-state index contributed by atoms with van der Waals surface area (Å²) >= 11 is 1.52. The molecule has 2 aromatic rings. The van der Waals surface area contributed by atoms with Crippen molar-refractivity contribution < 1.29 is 0 Å². The quantitative estimate of drug-likeness (QED) is 0.880. The van der Waals surface area contributed by atoms with Crippen molar-refractivity contribution in [2.75, 3.05) is 5.73 Å². The average molecular weight is 247 g/mol. The molecule has 1 aliphatic rings.